The van der Waals surface area contributed by atoms with Crippen molar-refractivity contribution in [2.45, 2.75) is 308 Å². The second kappa shape index (κ2) is 52.1. The van der Waals surface area contributed by atoms with Crippen molar-refractivity contribution in [1.29, 1.82) is 0 Å². The zero-order chi connectivity index (χ0) is 80.8. The Morgan fingerprint density at radius 2 is 0.596 bits per heavy atom. The van der Waals surface area contributed by atoms with Crippen molar-refractivity contribution in [1.82, 2.24) is 0 Å². The first-order valence-electron chi connectivity index (χ1n) is 37.6. The first kappa shape index (κ1) is 110. The maximum absolute atomic E-state index is 11.5. The molecular formula is C56H152O26Si22. The van der Waals surface area contributed by atoms with Crippen LogP contribution in [-0.4, -0.2) is 232 Å². The molecule has 620 valence electrons. The van der Waals surface area contributed by atoms with Gasteiger partial charge in [-0.05, 0) is 254 Å². The van der Waals surface area contributed by atoms with E-state index in [9.17, 15) is 24.0 Å². The quantitative estimate of drug-likeness (QED) is 0.0728. The summed E-state index contributed by atoms with van der Waals surface area (Å²) in [7, 11) is -38.2. The maximum atomic E-state index is 11.5. The number of ketones is 5. The topological polar surface area (TPSA) is 301 Å². The molecule has 4 aliphatic rings. The van der Waals surface area contributed by atoms with Crippen LogP contribution in [0.25, 0.3) is 0 Å². The molecule has 12 unspecified atom stereocenters. The van der Waals surface area contributed by atoms with Crippen LogP contribution in [0.2, 0.25) is 220 Å². The normalized spacial score (nSPS) is 30.9. The Hall–Kier alpha value is 2.28. The Morgan fingerprint density at radius 3 is 0.817 bits per heavy atom. The Kier molecular flexibility index (Phi) is 55.3. The van der Waals surface area contributed by atoms with Gasteiger partial charge in [0.05, 0.1) is 0 Å². The molecule has 0 saturated carbocycles. The average molecular weight is 1860 g/mol. The summed E-state index contributed by atoms with van der Waals surface area (Å²) in [6.45, 7) is 76.4. The fourth-order valence-corrected chi connectivity index (χ4v) is 97.3. The number of Topliss-reactive ketones (excluding diaryl/α,β-unsaturated/α-hetero) is 5. The van der Waals surface area contributed by atoms with Crippen molar-refractivity contribution < 1.29 is 112 Å². The third-order valence-corrected chi connectivity index (χ3v) is 92.6. The van der Waals surface area contributed by atoms with Gasteiger partial charge < -0.3 is 92.6 Å². The molecule has 4 rings (SSSR count). The van der Waals surface area contributed by atoms with Gasteiger partial charge >= 0.3 is 106 Å². The Bertz CT molecular complexity index is 2330. The SMILES string of the molecule is CC(=O)C(C)C[Si](C)(O[SiH](C)C)O[SiH](C)C.CC(=O)C(C)C[Si]1(C)O[SiH](C)O[SiH](C)O[SiH](C)O1.CC(=O)C(C)C[Si]1(C)O[SiH](C)O[SiH](C)O[SiH](C)O1.CC(=O)C(C)C[Si]1(C)O[SiH](C)O[Si](C)(C)O[SiH](C)O1.CC(=O)CC[Si](C)(O[SiH](C)C)O[SiH](C)C.CCCC[Si]1(C)O[SiH](C)O[Si](C)(C)O[SiH](C)O1.O. The summed E-state index contributed by atoms with van der Waals surface area (Å²) in [6, 6.07) is 4.76. The Morgan fingerprint density at radius 1 is 0.365 bits per heavy atom. The highest BCUT2D eigenvalue weighted by Gasteiger charge is 2.47. The second-order valence-electron chi connectivity index (χ2n) is 31.1. The molecule has 0 bridgehead atoms. The summed E-state index contributed by atoms with van der Waals surface area (Å²) < 4.78 is 121. The van der Waals surface area contributed by atoms with E-state index < -0.39 is 197 Å². The molecule has 12 atom stereocenters. The minimum absolute atomic E-state index is 0. The minimum Gasteiger partial charge on any atom is -0.439 e. The predicted molar refractivity (Wildman–Crippen MR) is 474 cm³/mol. The van der Waals surface area contributed by atoms with Gasteiger partial charge in [-0.15, -0.1) is 0 Å². The van der Waals surface area contributed by atoms with Crippen LogP contribution in [0.1, 0.15) is 88.5 Å². The smallest absolute Gasteiger partial charge is 0.317 e. The molecule has 0 radical (unpaired) electrons. The first-order valence-corrected chi connectivity index (χ1v) is 90.5. The number of carbonyl (C=O) groups excluding carboxylic acids is 5. The van der Waals surface area contributed by atoms with Gasteiger partial charge in [0.1, 0.15) is 28.9 Å². The maximum Gasteiger partial charge on any atom is 0.317 e. The van der Waals surface area contributed by atoms with E-state index in [1.54, 1.807) is 34.6 Å². The molecule has 26 nitrogen and oxygen atoms in total. The zero-order valence-corrected chi connectivity index (χ0v) is 96.1. The van der Waals surface area contributed by atoms with E-state index in [2.05, 4.69) is 105 Å². The summed E-state index contributed by atoms with van der Waals surface area (Å²) in [5.74, 6) is 1.04. The van der Waals surface area contributed by atoms with Gasteiger partial charge in [0.25, 0.3) is 55.7 Å². The molecule has 48 heteroatoms. The largest absolute Gasteiger partial charge is 0.439 e. The standard InChI is InChI=1S/C10H26O5Si4.C10H26O3Si3.2C9H24O5Si4.C9H26O4Si4.C9H24O3Si3.H2O/c1-9(10(2)11)8-19(7)14-16(3)12-18(5,6)13-17(4)15-19;1-9(10(2)11)8-16(7,12-14(3)4)13-15(5)6;2*1-8(9(2)10)7-18(6)13-16(4)11-15(3)12-17(5)14-18;1-7-8-9-17(6)12-14(2)10-16(4,5)11-15(3)13-17;1-9(10)7-8-15(6,11-13(2)3)12-14(4)5;/h9,16-17H,8H2,1-7H3;9,14-15H,8H2,1-7H3;2*8,15-17H,7H2,1-6H3;14-15H,7-9H2,1-6H3;13-14H,7-8H2,1-6H3;1H2. The number of hydrogen-bond acceptors (Lipinski definition) is 25. The van der Waals surface area contributed by atoms with E-state index in [1.807, 2.05) is 113 Å². The molecule has 104 heavy (non-hydrogen) atoms. The van der Waals surface area contributed by atoms with Crippen molar-refractivity contribution in [3.8, 4) is 0 Å². The molecule has 0 aromatic heterocycles. The Labute approximate surface area is 664 Å². The van der Waals surface area contributed by atoms with Crippen LogP contribution in [0.5, 0.6) is 0 Å². The molecule has 0 amide bonds. The lowest BCUT2D eigenvalue weighted by molar-refractivity contribution is -0.120. The van der Waals surface area contributed by atoms with Crippen LogP contribution in [0.3, 0.4) is 0 Å². The van der Waals surface area contributed by atoms with Gasteiger partial charge in [0.2, 0.25) is 0 Å². The van der Waals surface area contributed by atoms with E-state index in [-0.39, 0.29) is 58.1 Å². The molecule has 0 aliphatic carbocycles. The van der Waals surface area contributed by atoms with Crippen LogP contribution < -0.4 is 0 Å². The van der Waals surface area contributed by atoms with E-state index in [1.165, 1.54) is 12.8 Å². The molecule has 0 spiro atoms. The van der Waals surface area contributed by atoms with Crippen LogP contribution in [-0.2, 0) is 106 Å². The summed E-state index contributed by atoms with van der Waals surface area (Å²) in [5.41, 5.74) is 0. The lowest BCUT2D eigenvalue weighted by Crippen LogP contribution is -2.57. The zero-order valence-electron chi connectivity index (χ0n) is 72.0. The minimum atomic E-state index is -2.36. The van der Waals surface area contributed by atoms with Crippen molar-refractivity contribution in [2.24, 2.45) is 23.7 Å². The highest BCUT2D eigenvalue weighted by Crippen LogP contribution is 2.31. The number of unbranched alkanes of at least 4 members (excludes halogenated alkanes) is 1. The third-order valence-electron chi connectivity index (χ3n) is 16.0. The van der Waals surface area contributed by atoms with Crippen LogP contribution >= 0.6 is 0 Å². The Balaban J connectivity index is -0.00000118. The fourth-order valence-electron chi connectivity index (χ4n) is 12.3. The fraction of sp³-hybridized carbons (Fsp3) is 0.911. The number of hydrogen-bond donors (Lipinski definition) is 0. The monoisotopic (exact) mass is 1860 g/mol. The van der Waals surface area contributed by atoms with Crippen molar-refractivity contribution >= 4 is 226 Å². The number of carbonyl (C=O) groups is 5. The van der Waals surface area contributed by atoms with Crippen LogP contribution in [0.4, 0.5) is 0 Å². The van der Waals surface area contributed by atoms with Crippen LogP contribution in [0, 0.1) is 23.7 Å². The lowest BCUT2D eigenvalue weighted by atomic mass is 10.1. The van der Waals surface area contributed by atoms with Gasteiger partial charge in [-0.2, -0.15) is 0 Å². The second-order valence-corrected chi connectivity index (χ2v) is 92.1. The van der Waals surface area contributed by atoms with Gasteiger partial charge in [0, 0.05) is 30.1 Å². The highest BCUT2D eigenvalue weighted by molar-refractivity contribution is 6.87. The van der Waals surface area contributed by atoms with Gasteiger partial charge in [0.15, 0.2) is 36.2 Å². The van der Waals surface area contributed by atoms with Crippen molar-refractivity contribution in [2.75, 3.05) is 0 Å². The molecule has 2 N–H and O–H groups in total. The van der Waals surface area contributed by atoms with Gasteiger partial charge in [-0.3, -0.25) is 19.2 Å². The van der Waals surface area contributed by atoms with Gasteiger partial charge in [-0.25, -0.2) is 0 Å². The molecular weight excluding hydrogens is 1710 g/mol. The molecule has 0 aromatic carbocycles. The van der Waals surface area contributed by atoms with E-state index in [4.69, 9.17) is 82.3 Å². The molecule has 4 saturated heterocycles. The average Bonchev–Trinajstić information content (AvgIpc) is 0.818. The molecule has 4 fully saturated rings. The number of rotatable bonds is 26. The first-order chi connectivity index (χ1) is 46.6. The van der Waals surface area contributed by atoms with Crippen molar-refractivity contribution in [3.05, 3.63) is 0 Å². The van der Waals surface area contributed by atoms with Crippen LogP contribution in [0.15, 0.2) is 0 Å². The molecule has 0 aromatic rings. The highest BCUT2D eigenvalue weighted by atomic mass is 28.5. The summed E-state index contributed by atoms with van der Waals surface area (Å²) >= 11 is 0. The molecule has 4 aliphatic heterocycles. The summed E-state index contributed by atoms with van der Waals surface area (Å²) in [6.07, 6.45) is 2.96. The van der Waals surface area contributed by atoms with Gasteiger partial charge in [-0.1, -0.05) is 47.5 Å². The van der Waals surface area contributed by atoms with Crippen molar-refractivity contribution in [3.63, 3.8) is 0 Å². The van der Waals surface area contributed by atoms with E-state index in [0.717, 1.165) is 18.1 Å². The van der Waals surface area contributed by atoms with E-state index in [0.29, 0.717) is 24.6 Å². The molecule has 4 heterocycles. The lowest BCUT2D eigenvalue weighted by Gasteiger charge is -2.40. The summed E-state index contributed by atoms with van der Waals surface area (Å²) in [5, 5.41) is 0. The predicted octanol–water partition coefficient (Wildman–Crippen LogP) is 9.43. The third kappa shape index (κ3) is 52.7. The van der Waals surface area contributed by atoms with E-state index >= 15 is 0 Å². The summed E-state index contributed by atoms with van der Waals surface area (Å²) in [4.78, 5) is 56.6.